The summed E-state index contributed by atoms with van der Waals surface area (Å²) in [7, 11) is 3.68. The summed E-state index contributed by atoms with van der Waals surface area (Å²) in [6, 6.07) is 16.4. The van der Waals surface area contributed by atoms with Gasteiger partial charge in [-0.05, 0) is 37.1 Å². The molecule has 1 atom stereocenters. The zero-order chi connectivity index (χ0) is 19.2. The average Bonchev–Trinajstić information content (AvgIpc) is 3.09. The minimum atomic E-state index is 0. The number of aromatic nitrogens is 2. The van der Waals surface area contributed by atoms with Crippen LogP contribution in [0.2, 0.25) is 0 Å². The van der Waals surface area contributed by atoms with Gasteiger partial charge in [-0.2, -0.15) is 0 Å². The van der Waals surface area contributed by atoms with E-state index >= 15 is 0 Å². The van der Waals surface area contributed by atoms with E-state index in [9.17, 15) is 0 Å². The van der Waals surface area contributed by atoms with Gasteiger partial charge < -0.3 is 14.0 Å². The maximum absolute atomic E-state index is 5.80. The summed E-state index contributed by atoms with van der Waals surface area (Å²) in [6.45, 7) is 4.70. The van der Waals surface area contributed by atoms with Crippen LogP contribution in [0.1, 0.15) is 36.8 Å². The van der Waals surface area contributed by atoms with Crippen LogP contribution in [-0.4, -0.2) is 22.8 Å². The second-order valence-corrected chi connectivity index (χ2v) is 6.77. The molecule has 150 valence electrons. The molecule has 0 saturated heterocycles. The van der Waals surface area contributed by atoms with E-state index in [4.69, 9.17) is 9.47 Å². The molecule has 5 nitrogen and oxygen atoms in total. The molecule has 0 aliphatic heterocycles. The van der Waals surface area contributed by atoms with Crippen molar-refractivity contribution in [3.8, 4) is 11.5 Å². The lowest BCUT2D eigenvalue weighted by molar-refractivity contribution is 0.230. The van der Waals surface area contributed by atoms with E-state index in [1.165, 1.54) is 5.56 Å². The molecule has 0 spiro atoms. The van der Waals surface area contributed by atoms with E-state index in [-0.39, 0.29) is 24.6 Å². The average molecular weight is 402 g/mol. The Hall–Kier alpha value is -2.50. The highest BCUT2D eigenvalue weighted by molar-refractivity contribution is 5.85. The standard InChI is InChI=1S/C22H27N3O2.ClH/c1-16(2)27-19-11-10-17(14-20(19)26-4)15-24-21(18-8-6-5-7-9-18)22-23-12-13-25(22)3;/h5-14,16,21,24H,15H2,1-4H3;1H. The van der Waals surface area contributed by atoms with Gasteiger partial charge in [0.1, 0.15) is 5.82 Å². The van der Waals surface area contributed by atoms with Crippen molar-refractivity contribution in [2.45, 2.75) is 32.5 Å². The van der Waals surface area contributed by atoms with Gasteiger partial charge in [-0.15, -0.1) is 12.4 Å². The normalized spacial score (nSPS) is 11.8. The molecule has 1 aromatic heterocycles. The Bertz CT molecular complexity index is 865. The van der Waals surface area contributed by atoms with E-state index in [1.807, 2.05) is 68.2 Å². The lowest BCUT2D eigenvalue weighted by atomic mass is 10.1. The highest BCUT2D eigenvalue weighted by Gasteiger charge is 2.18. The number of hydrogen-bond donors (Lipinski definition) is 1. The number of methoxy groups -OCH3 is 1. The predicted molar refractivity (Wildman–Crippen MR) is 114 cm³/mol. The molecule has 2 aromatic carbocycles. The molecule has 3 rings (SSSR count). The monoisotopic (exact) mass is 401 g/mol. The molecule has 0 amide bonds. The van der Waals surface area contributed by atoms with Gasteiger partial charge in [0.05, 0.1) is 19.3 Å². The van der Waals surface area contributed by atoms with Crippen molar-refractivity contribution in [1.29, 1.82) is 0 Å². The van der Waals surface area contributed by atoms with Gasteiger partial charge in [-0.1, -0.05) is 36.4 Å². The van der Waals surface area contributed by atoms with E-state index in [2.05, 4.69) is 28.5 Å². The summed E-state index contributed by atoms with van der Waals surface area (Å²) in [5.74, 6) is 2.49. The molecule has 0 fully saturated rings. The second kappa shape index (κ2) is 10.2. The van der Waals surface area contributed by atoms with E-state index in [0.717, 1.165) is 22.9 Å². The predicted octanol–water partition coefficient (Wildman–Crippen LogP) is 4.52. The minimum Gasteiger partial charge on any atom is -0.493 e. The highest BCUT2D eigenvalue weighted by atomic mass is 35.5. The second-order valence-electron chi connectivity index (χ2n) is 6.77. The Morgan fingerprint density at radius 3 is 2.43 bits per heavy atom. The first-order chi connectivity index (χ1) is 13.1. The van der Waals surface area contributed by atoms with Gasteiger partial charge in [0.2, 0.25) is 0 Å². The number of imidazole rings is 1. The molecule has 1 unspecified atom stereocenters. The van der Waals surface area contributed by atoms with E-state index < -0.39 is 0 Å². The Kier molecular flexibility index (Phi) is 7.91. The first-order valence-corrected chi connectivity index (χ1v) is 9.17. The highest BCUT2D eigenvalue weighted by Crippen LogP contribution is 2.29. The summed E-state index contributed by atoms with van der Waals surface area (Å²) >= 11 is 0. The van der Waals surface area contributed by atoms with Crippen molar-refractivity contribution in [3.63, 3.8) is 0 Å². The van der Waals surface area contributed by atoms with Crippen molar-refractivity contribution in [3.05, 3.63) is 77.9 Å². The summed E-state index contributed by atoms with van der Waals surface area (Å²) in [5, 5.41) is 3.63. The first kappa shape index (κ1) is 21.8. The zero-order valence-corrected chi connectivity index (χ0v) is 17.6. The van der Waals surface area contributed by atoms with E-state index in [0.29, 0.717) is 6.54 Å². The smallest absolute Gasteiger partial charge is 0.161 e. The van der Waals surface area contributed by atoms with Gasteiger partial charge in [0.25, 0.3) is 0 Å². The number of halogens is 1. The number of hydrogen-bond acceptors (Lipinski definition) is 4. The van der Waals surface area contributed by atoms with Crippen molar-refractivity contribution in [2.75, 3.05) is 7.11 Å². The van der Waals surface area contributed by atoms with Gasteiger partial charge in [0, 0.05) is 26.0 Å². The Balaban J connectivity index is 0.00000280. The molecular formula is C22H28ClN3O2. The summed E-state index contributed by atoms with van der Waals surface area (Å²) in [5.41, 5.74) is 2.30. The number of nitrogens with one attached hydrogen (secondary N) is 1. The lowest BCUT2D eigenvalue weighted by Gasteiger charge is -2.20. The largest absolute Gasteiger partial charge is 0.493 e. The van der Waals surface area contributed by atoms with E-state index in [1.54, 1.807) is 7.11 Å². The molecule has 0 saturated carbocycles. The third-order valence-corrected chi connectivity index (χ3v) is 4.35. The van der Waals surface area contributed by atoms with Crippen molar-refractivity contribution in [1.82, 2.24) is 14.9 Å². The maximum atomic E-state index is 5.80. The number of ether oxygens (including phenoxy) is 2. The zero-order valence-electron chi connectivity index (χ0n) is 16.8. The third-order valence-electron chi connectivity index (χ3n) is 4.35. The van der Waals surface area contributed by atoms with Crippen LogP contribution in [0.25, 0.3) is 0 Å². The fraction of sp³-hybridized carbons (Fsp3) is 0.318. The summed E-state index contributed by atoms with van der Waals surface area (Å²) < 4.78 is 13.3. The molecule has 6 heteroatoms. The molecule has 0 radical (unpaired) electrons. The van der Waals surface area contributed by atoms with Crippen LogP contribution in [0.3, 0.4) is 0 Å². The van der Waals surface area contributed by atoms with Crippen LogP contribution in [-0.2, 0) is 13.6 Å². The third kappa shape index (κ3) is 5.27. The lowest BCUT2D eigenvalue weighted by Crippen LogP contribution is -2.24. The Morgan fingerprint density at radius 1 is 1.07 bits per heavy atom. The number of rotatable bonds is 8. The fourth-order valence-electron chi connectivity index (χ4n) is 3.05. The quantitative estimate of drug-likeness (QED) is 0.603. The topological polar surface area (TPSA) is 48.3 Å². The van der Waals surface area contributed by atoms with Gasteiger partial charge in [-0.25, -0.2) is 4.98 Å². The van der Waals surface area contributed by atoms with Gasteiger partial charge >= 0.3 is 0 Å². The molecule has 28 heavy (non-hydrogen) atoms. The van der Waals surface area contributed by atoms with Crippen LogP contribution in [0.5, 0.6) is 11.5 Å². The summed E-state index contributed by atoms with van der Waals surface area (Å²) in [4.78, 5) is 4.54. The SMILES string of the molecule is COc1cc(CNC(c2ccccc2)c2nccn2C)ccc1OC(C)C.Cl. The summed E-state index contributed by atoms with van der Waals surface area (Å²) in [6.07, 6.45) is 3.90. The molecule has 0 bridgehead atoms. The van der Waals surface area contributed by atoms with Crippen molar-refractivity contribution >= 4 is 12.4 Å². The number of nitrogens with zero attached hydrogens (tertiary/aromatic N) is 2. The molecule has 1 N–H and O–H groups in total. The van der Waals surface area contributed by atoms with Crippen LogP contribution < -0.4 is 14.8 Å². The van der Waals surface area contributed by atoms with Crippen molar-refractivity contribution in [2.24, 2.45) is 7.05 Å². The molecule has 0 aliphatic carbocycles. The van der Waals surface area contributed by atoms with Crippen LogP contribution >= 0.6 is 12.4 Å². The van der Waals surface area contributed by atoms with Crippen molar-refractivity contribution < 1.29 is 9.47 Å². The van der Waals surface area contributed by atoms with Gasteiger partial charge in [0.15, 0.2) is 11.5 Å². The van der Waals surface area contributed by atoms with Crippen LogP contribution in [0, 0.1) is 0 Å². The number of benzene rings is 2. The van der Waals surface area contributed by atoms with Crippen LogP contribution in [0.4, 0.5) is 0 Å². The minimum absolute atomic E-state index is 0. The first-order valence-electron chi connectivity index (χ1n) is 9.17. The molecule has 1 heterocycles. The number of aryl methyl sites for hydroxylation is 1. The molecule has 0 aliphatic rings. The van der Waals surface area contributed by atoms with Gasteiger partial charge in [-0.3, -0.25) is 5.32 Å². The fourth-order valence-corrected chi connectivity index (χ4v) is 3.05. The Morgan fingerprint density at radius 2 is 1.82 bits per heavy atom. The molecule has 3 aromatic rings. The molecular weight excluding hydrogens is 374 g/mol. The maximum Gasteiger partial charge on any atom is 0.161 e. The van der Waals surface area contributed by atoms with Crippen LogP contribution in [0.15, 0.2) is 60.9 Å². The Labute approximate surface area is 173 Å².